The van der Waals surface area contributed by atoms with Crippen LogP contribution in [0.3, 0.4) is 0 Å². The topological polar surface area (TPSA) is 136 Å². The molecule has 9 heteroatoms. The van der Waals surface area contributed by atoms with Gasteiger partial charge in [-0.3, -0.25) is 4.79 Å². The average Bonchev–Trinajstić information content (AvgIpc) is 3.47. The lowest BCUT2D eigenvalue weighted by Crippen LogP contribution is -2.45. The molecule has 2 aromatic heterocycles. The zero-order valence-electron chi connectivity index (χ0n) is 21.0. The predicted molar refractivity (Wildman–Crippen MR) is 144 cm³/mol. The van der Waals surface area contributed by atoms with Gasteiger partial charge in [-0.25, -0.2) is 15.0 Å². The van der Waals surface area contributed by atoms with Crippen molar-refractivity contribution < 1.29 is 9.90 Å². The molecule has 1 aliphatic carbocycles. The Bertz CT molecular complexity index is 1590. The lowest BCUT2D eigenvalue weighted by molar-refractivity contribution is 0.100. The highest BCUT2D eigenvalue weighted by molar-refractivity contribution is 5.96. The van der Waals surface area contributed by atoms with Gasteiger partial charge in [0.2, 0.25) is 5.91 Å². The number of hydrogen-bond donors (Lipinski definition) is 3. The SMILES string of the molecule is NC(=O)c1ccc2c(c1)ncn2CC#Cc1cnc(N2CCC3(CC2)Cc2ccccc2[C@H]3N)c(CO)n1. The average molecular weight is 508 g/mol. The monoisotopic (exact) mass is 507 g/mol. The molecule has 1 spiro atoms. The first kappa shape index (κ1) is 24.1. The lowest BCUT2D eigenvalue weighted by atomic mass is 9.73. The van der Waals surface area contributed by atoms with E-state index in [2.05, 4.69) is 56.0 Å². The fourth-order valence-electron chi connectivity index (χ4n) is 5.88. The molecule has 3 heterocycles. The van der Waals surface area contributed by atoms with Crippen LogP contribution in [0.1, 0.15) is 51.8 Å². The molecule has 6 rings (SSSR count). The number of aromatic nitrogens is 4. The van der Waals surface area contributed by atoms with E-state index in [1.165, 1.54) is 11.1 Å². The van der Waals surface area contributed by atoms with E-state index in [-0.39, 0.29) is 18.1 Å². The summed E-state index contributed by atoms with van der Waals surface area (Å²) in [4.78, 5) is 27.2. The zero-order chi connectivity index (χ0) is 26.3. The van der Waals surface area contributed by atoms with E-state index in [1.54, 1.807) is 24.7 Å². The van der Waals surface area contributed by atoms with Crippen LogP contribution in [-0.2, 0) is 19.6 Å². The van der Waals surface area contributed by atoms with Crippen molar-refractivity contribution in [1.29, 1.82) is 0 Å². The molecule has 4 aromatic rings. The van der Waals surface area contributed by atoms with Gasteiger partial charge in [0.25, 0.3) is 0 Å². The molecule has 38 heavy (non-hydrogen) atoms. The number of primary amides is 1. The Kier molecular flexibility index (Phi) is 6.06. The first-order chi connectivity index (χ1) is 18.5. The summed E-state index contributed by atoms with van der Waals surface area (Å²) in [7, 11) is 0. The third-order valence-electron chi connectivity index (χ3n) is 8.00. The van der Waals surface area contributed by atoms with Crippen LogP contribution in [0.25, 0.3) is 11.0 Å². The molecule has 1 amide bonds. The van der Waals surface area contributed by atoms with Crippen molar-refractivity contribution in [1.82, 2.24) is 19.5 Å². The third-order valence-corrected chi connectivity index (χ3v) is 8.00. The molecule has 2 aromatic carbocycles. The van der Waals surface area contributed by atoms with Crippen molar-refractivity contribution in [2.75, 3.05) is 18.0 Å². The van der Waals surface area contributed by atoms with Crippen molar-refractivity contribution in [2.24, 2.45) is 16.9 Å². The third kappa shape index (κ3) is 4.18. The summed E-state index contributed by atoms with van der Waals surface area (Å²) in [6, 6.07) is 13.7. The fraction of sp³-hybridized carbons (Fsp3) is 0.310. The number of carbonyl (C=O) groups excluding carboxylic acids is 1. The number of nitrogens with zero attached hydrogens (tertiary/aromatic N) is 5. The summed E-state index contributed by atoms with van der Waals surface area (Å²) in [6.45, 7) is 1.82. The van der Waals surface area contributed by atoms with E-state index in [0.717, 1.165) is 37.9 Å². The van der Waals surface area contributed by atoms with Gasteiger partial charge in [-0.1, -0.05) is 30.2 Å². The lowest BCUT2D eigenvalue weighted by Gasteiger charge is -2.42. The second-order valence-corrected chi connectivity index (χ2v) is 10.1. The number of hydrogen-bond acceptors (Lipinski definition) is 7. The second kappa shape index (κ2) is 9.56. The van der Waals surface area contributed by atoms with Gasteiger partial charge in [-0.2, -0.15) is 0 Å². The summed E-state index contributed by atoms with van der Waals surface area (Å²) in [6.07, 6.45) is 6.29. The first-order valence-corrected chi connectivity index (χ1v) is 12.8. The molecule has 5 N–H and O–H groups in total. The maximum atomic E-state index is 11.4. The summed E-state index contributed by atoms with van der Waals surface area (Å²) in [5, 5.41) is 10.1. The molecule has 0 bridgehead atoms. The molecule has 192 valence electrons. The number of aliphatic hydroxyl groups excluding tert-OH is 1. The number of piperidine rings is 1. The van der Waals surface area contributed by atoms with Crippen molar-refractivity contribution in [2.45, 2.75) is 38.5 Å². The molecule has 1 aliphatic heterocycles. The van der Waals surface area contributed by atoms with E-state index < -0.39 is 5.91 Å². The van der Waals surface area contributed by atoms with Gasteiger partial charge >= 0.3 is 0 Å². The molecule has 2 aliphatic rings. The van der Waals surface area contributed by atoms with Crippen LogP contribution in [-0.4, -0.2) is 43.6 Å². The summed E-state index contributed by atoms with van der Waals surface area (Å²) in [5.74, 6) is 6.37. The highest BCUT2D eigenvalue weighted by Crippen LogP contribution is 2.51. The number of carbonyl (C=O) groups is 1. The summed E-state index contributed by atoms with van der Waals surface area (Å²) in [5.41, 5.74) is 17.8. The van der Waals surface area contributed by atoms with E-state index >= 15 is 0 Å². The van der Waals surface area contributed by atoms with Crippen LogP contribution in [0.5, 0.6) is 0 Å². The van der Waals surface area contributed by atoms with E-state index in [4.69, 9.17) is 11.5 Å². The number of aliphatic hydroxyl groups is 1. The van der Waals surface area contributed by atoms with Crippen molar-refractivity contribution >= 4 is 22.8 Å². The van der Waals surface area contributed by atoms with Gasteiger partial charge in [0.1, 0.15) is 11.4 Å². The highest BCUT2D eigenvalue weighted by Gasteiger charge is 2.46. The minimum Gasteiger partial charge on any atom is -0.390 e. The van der Waals surface area contributed by atoms with Gasteiger partial charge in [0.15, 0.2) is 5.82 Å². The van der Waals surface area contributed by atoms with Crippen molar-refractivity contribution in [3.8, 4) is 11.8 Å². The van der Waals surface area contributed by atoms with Crippen molar-refractivity contribution in [3.05, 3.63) is 83.1 Å². The smallest absolute Gasteiger partial charge is 0.248 e. The summed E-state index contributed by atoms with van der Waals surface area (Å²) >= 11 is 0. The fourth-order valence-corrected chi connectivity index (χ4v) is 5.88. The number of benzene rings is 2. The van der Waals surface area contributed by atoms with Gasteiger partial charge in [-0.15, -0.1) is 0 Å². The Morgan fingerprint density at radius 1 is 1.16 bits per heavy atom. The molecule has 1 saturated heterocycles. The number of nitrogens with two attached hydrogens (primary N) is 2. The summed E-state index contributed by atoms with van der Waals surface area (Å²) < 4.78 is 1.89. The first-order valence-electron chi connectivity index (χ1n) is 12.8. The van der Waals surface area contributed by atoms with Gasteiger partial charge in [0, 0.05) is 24.7 Å². The molecule has 0 unspecified atom stereocenters. The Balaban J connectivity index is 1.14. The Morgan fingerprint density at radius 3 is 2.74 bits per heavy atom. The van der Waals surface area contributed by atoms with Crippen LogP contribution in [0.2, 0.25) is 0 Å². The highest BCUT2D eigenvalue weighted by atomic mass is 16.3. The second-order valence-electron chi connectivity index (χ2n) is 10.1. The maximum absolute atomic E-state index is 11.4. The van der Waals surface area contributed by atoms with Crippen molar-refractivity contribution in [3.63, 3.8) is 0 Å². The Morgan fingerprint density at radius 2 is 1.97 bits per heavy atom. The number of amides is 1. The predicted octanol–water partition coefficient (Wildman–Crippen LogP) is 2.31. The number of imidazole rings is 1. The Labute approximate surface area is 220 Å². The molecule has 0 saturated carbocycles. The molecule has 9 nitrogen and oxygen atoms in total. The number of anilines is 1. The zero-order valence-corrected chi connectivity index (χ0v) is 21.0. The van der Waals surface area contributed by atoms with Crippen LogP contribution in [0.4, 0.5) is 5.82 Å². The number of fused-ring (bicyclic) bond motifs is 2. The standard InChI is InChI=1S/C29H29N7O2/c30-26-22-6-2-1-4-20(22)15-29(26)9-12-35(13-10-29)28-24(17-37)34-21(16-32-28)5-3-11-36-18-33-23-14-19(27(31)38)7-8-25(23)36/h1-2,4,6-8,14,16,18,26,37H,9-13,15,17,30H2,(H2,31,38)/t26-/m1/s1. The van der Waals surface area contributed by atoms with Crippen LogP contribution < -0.4 is 16.4 Å². The van der Waals surface area contributed by atoms with E-state index in [0.29, 0.717) is 34.8 Å². The quantitative estimate of drug-likeness (QED) is 0.361. The normalized spacial score (nSPS) is 17.8. The molecule has 1 fully saturated rings. The van der Waals surface area contributed by atoms with Crippen LogP contribution in [0, 0.1) is 17.3 Å². The van der Waals surface area contributed by atoms with Crippen LogP contribution >= 0.6 is 0 Å². The molecule has 0 radical (unpaired) electrons. The van der Waals surface area contributed by atoms with Gasteiger partial charge in [0.05, 0.1) is 36.7 Å². The minimum absolute atomic E-state index is 0.0553. The maximum Gasteiger partial charge on any atom is 0.248 e. The molecule has 1 atom stereocenters. The minimum atomic E-state index is -0.486. The number of rotatable bonds is 4. The van der Waals surface area contributed by atoms with Crippen LogP contribution in [0.15, 0.2) is 55.0 Å². The van der Waals surface area contributed by atoms with Gasteiger partial charge in [-0.05, 0) is 59.9 Å². The molecular formula is C29H29N7O2. The largest absolute Gasteiger partial charge is 0.390 e. The van der Waals surface area contributed by atoms with E-state index in [1.807, 2.05) is 10.6 Å². The van der Waals surface area contributed by atoms with Gasteiger partial charge < -0.3 is 26.0 Å². The molecular weight excluding hydrogens is 478 g/mol. The Hall–Kier alpha value is -4.26. The van der Waals surface area contributed by atoms with E-state index in [9.17, 15) is 9.90 Å².